The van der Waals surface area contributed by atoms with Crippen molar-refractivity contribution in [3.8, 4) is 0 Å². The minimum atomic E-state index is -0.312. The Morgan fingerprint density at radius 2 is 1.69 bits per heavy atom. The SMILES string of the molecule is CC.CCC[C@@H](C)C1CCC2C3CCC4CCCCC4(C)C3CCC21O. The molecule has 1 heteroatoms. The van der Waals surface area contributed by atoms with Gasteiger partial charge >= 0.3 is 0 Å². The molecule has 0 heterocycles. The fourth-order valence-corrected chi connectivity index (χ4v) is 8.41. The van der Waals surface area contributed by atoms with Crippen molar-refractivity contribution in [2.45, 2.75) is 117 Å². The lowest BCUT2D eigenvalue weighted by atomic mass is 9.46. The zero-order valence-corrected chi connectivity index (χ0v) is 18.4. The first-order valence-corrected chi connectivity index (χ1v) is 12.2. The molecule has 0 bridgehead atoms. The smallest absolute Gasteiger partial charge is 0.0709 e. The summed E-state index contributed by atoms with van der Waals surface area (Å²) in [5, 5.41) is 11.8. The van der Waals surface area contributed by atoms with Crippen molar-refractivity contribution in [2.24, 2.45) is 40.9 Å². The summed E-state index contributed by atoms with van der Waals surface area (Å²) >= 11 is 0. The van der Waals surface area contributed by atoms with Crippen LogP contribution in [0, 0.1) is 40.9 Å². The molecule has 4 aliphatic rings. The van der Waals surface area contributed by atoms with E-state index in [0.29, 0.717) is 23.2 Å². The summed E-state index contributed by atoms with van der Waals surface area (Å²) in [4.78, 5) is 0. The average molecular weight is 363 g/mol. The van der Waals surface area contributed by atoms with Crippen molar-refractivity contribution in [1.29, 1.82) is 0 Å². The Bertz CT molecular complexity index is 459. The monoisotopic (exact) mass is 362 g/mol. The highest BCUT2D eigenvalue weighted by Crippen LogP contribution is 2.65. The molecule has 7 unspecified atom stereocenters. The van der Waals surface area contributed by atoms with Crippen LogP contribution in [0.4, 0.5) is 0 Å². The summed E-state index contributed by atoms with van der Waals surface area (Å²) in [7, 11) is 0. The van der Waals surface area contributed by atoms with E-state index in [-0.39, 0.29) is 5.60 Å². The molecule has 0 aromatic rings. The van der Waals surface area contributed by atoms with Gasteiger partial charge in [-0.15, -0.1) is 0 Å². The van der Waals surface area contributed by atoms with Crippen molar-refractivity contribution >= 4 is 0 Å². The van der Waals surface area contributed by atoms with Crippen LogP contribution < -0.4 is 0 Å². The Morgan fingerprint density at radius 3 is 2.42 bits per heavy atom. The second-order valence-corrected chi connectivity index (χ2v) is 10.4. The summed E-state index contributed by atoms with van der Waals surface area (Å²) in [6.07, 6.45) is 16.4. The molecule has 1 N–H and O–H groups in total. The Balaban J connectivity index is 0.000000948. The van der Waals surface area contributed by atoms with Crippen LogP contribution in [0.3, 0.4) is 0 Å². The molecule has 8 atom stereocenters. The Labute approximate surface area is 163 Å². The summed E-state index contributed by atoms with van der Waals surface area (Å²) in [5.74, 6) is 4.67. The van der Waals surface area contributed by atoms with Crippen LogP contribution in [0.2, 0.25) is 0 Å². The molecular weight excluding hydrogens is 316 g/mol. The molecule has 1 nitrogen and oxygen atoms in total. The minimum absolute atomic E-state index is 0.312. The Morgan fingerprint density at radius 1 is 0.923 bits per heavy atom. The predicted octanol–water partition coefficient (Wildman–Crippen LogP) is 7.22. The highest BCUT2D eigenvalue weighted by atomic mass is 16.3. The zero-order chi connectivity index (χ0) is 18.9. The minimum Gasteiger partial charge on any atom is -0.389 e. The van der Waals surface area contributed by atoms with Crippen molar-refractivity contribution in [2.75, 3.05) is 0 Å². The van der Waals surface area contributed by atoms with Crippen molar-refractivity contribution < 1.29 is 5.11 Å². The van der Waals surface area contributed by atoms with Gasteiger partial charge < -0.3 is 5.11 Å². The molecule has 0 amide bonds. The fourth-order valence-electron chi connectivity index (χ4n) is 8.41. The second-order valence-electron chi connectivity index (χ2n) is 10.4. The molecule has 4 saturated carbocycles. The molecular formula is C25H46O. The van der Waals surface area contributed by atoms with E-state index in [1.54, 1.807) is 0 Å². The van der Waals surface area contributed by atoms with Crippen LogP contribution in [0.5, 0.6) is 0 Å². The lowest BCUT2D eigenvalue weighted by Crippen LogP contribution is -2.56. The maximum Gasteiger partial charge on any atom is 0.0709 e. The summed E-state index contributed by atoms with van der Waals surface area (Å²) in [6.45, 7) is 11.4. The highest BCUT2D eigenvalue weighted by Gasteiger charge is 2.61. The third kappa shape index (κ3) is 3.19. The first-order chi connectivity index (χ1) is 12.5. The normalized spacial score (nSPS) is 48.5. The number of rotatable bonds is 3. The molecule has 0 aromatic heterocycles. The van der Waals surface area contributed by atoms with Gasteiger partial charge in [-0.05, 0) is 92.3 Å². The number of hydrogen-bond acceptors (Lipinski definition) is 1. The van der Waals surface area contributed by atoms with E-state index < -0.39 is 0 Å². The van der Waals surface area contributed by atoms with Gasteiger partial charge in [-0.3, -0.25) is 0 Å². The van der Waals surface area contributed by atoms with Gasteiger partial charge in [-0.2, -0.15) is 0 Å². The van der Waals surface area contributed by atoms with Crippen LogP contribution >= 0.6 is 0 Å². The van der Waals surface area contributed by atoms with Crippen LogP contribution in [0.15, 0.2) is 0 Å². The molecule has 0 aliphatic heterocycles. The Kier molecular flexibility index (Phi) is 6.48. The van der Waals surface area contributed by atoms with Gasteiger partial charge in [0.1, 0.15) is 0 Å². The molecule has 0 aromatic carbocycles. The molecule has 26 heavy (non-hydrogen) atoms. The van der Waals surface area contributed by atoms with Gasteiger partial charge in [0.2, 0.25) is 0 Å². The van der Waals surface area contributed by atoms with E-state index in [0.717, 1.165) is 24.2 Å². The number of hydrogen-bond donors (Lipinski definition) is 1. The zero-order valence-electron chi connectivity index (χ0n) is 18.4. The van der Waals surface area contributed by atoms with Crippen molar-refractivity contribution in [1.82, 2.24) is 0 Å². The molecule has 0 radical (unpaired) electrons. The van der Waals surface area contributed by atoms with E-state index in [1.807, 2.05) is 13.8 Å². The number of fused-ring (bicyclic) bond motifs is 5. The number of aliphatic hydroxyl groups is 1. The van der Waals surface area contributed by atoms with Gasteiger partial charge in [0.05, 0.1) is 5.60 Å². The topological polar surface area (TPSA) is 20.2 Å². The lowest BCUT2D eigenvalue weighted by molar-refractivity contribution is -0.160. The van der Waals surface area contributed by atoms with Gasteiger partial charge in [0.15, 0.2) is 0 Å². The van der Waals surface area contributed by atoms with Crippen molar-refractivity contribution in [3.63, 3.8) is 0 Å². The summed E-state index contributed by atoms with van der Waals surface area (Å²) < 4.78 is 0. The van der Waals surface area contributed by atoms with E-state index in [1.165, 1.54) is 70.6 Å². The van der Waals surface area contributed by atoms with Crippen LogP contribution in [-0.2, 0) is 0 Å². The average Bonchev–Trinajstić information content (AvgIpc) is 3.00. The lowest BCUT2D eigenvalue weighted by Gasteiger charge is -2.60. The first-order valence-electron chi connectivity index (χ1n) is 12.2. The molecule has 4 aliphatic carbocycles. The van der Waals surface area contributed by atoms with E-state index in [2.05, 4.69) is 20.8 Å². The third-order valence-corrected chi connectivity index (χ3v) is 9.54. The molecule has 152 valence electrons. The van der Waals surface area contributed by atoms with E-state index in [9.17, 15) is 5.11 Å². The second kappa shape index (κ2) is 8.14. The highest BCUT2D eigenvalue weighted by molar-refractivity contribution is 5.11. The van der Waals surface area contributed by atoms with Crippen molar-refractivity contribution in [3.05, 3.63) is 0 Å². The van der Waals surface area contributed by atoms with Gasteiger partial charge in [0, 0.05) is 0 Å². The quantitative estimate of drug-likeness (QED) is 0.561. The molecule has 0 spiro atoms. The predicted molar refractivity (Wildman–Crippen MR) is 112 cm³/mol. The molecule has 4 fully saturated rings. The standard InChI is InChI=1S/C23H40O.C2H6/c1-4-7-16(2)19-11-12-21-18-10-9-17-8-5-6-14-22(17,3)20(18)13-15-23(19,21)24;1-2/h16-21,24H,4-15H2,1-3H3;1-2H3/t16-,17?,18?,19?,20?,21?,22?,23?;/m1./s1. The van der Waals surface area contributed by atoms with Gasteiger partial charge in [-0.1, -0.05) is 60.3 Å². The van der Waals surface area contributed by atoms with E-state index >= 15 is 0 Å². The van der Waals surface area contributed by atoms with Gasteiger partial charge in [0.25, 0.3) is 0 Å². The largest absolute Gasteiger partial charge is 0.389 e. The van der Waals surface area contributed by atoms with E-state index in [4.69, 9.17) is 0 Å². The van der Waals surface area contributed by atoms with Crippen LogP contribution in [0.25, 0.3) is 0 Å². The fraction of sp³-hybridized carbons (Fsp3) is 1.00. The van der Waals surface area contributed by atoms with Gasteiger partial charge in [-0.25, -0.2) is 0 Å². The maximum absolute atomic E-state index is 11.8. The van der Waals surface area contributed by atoms with Crippen LogP contribution in [0.1, 0.15) is 112 Å². The maximum atomic E-state index is 11.8. The first kappa shape index (κ1) is 20.7. The third-order valence-electron chi connectivity index (χ3n) is 9.54. The Hall–Kier alpha value is -0.0400. The molecule has 4 rings (SSSR count). The molecule has 0 saturated heterocycles. The summed E-state index contributed by atoms with van der Waals surface area (Å²) in [6, 6.07) is 0. The van der Waals surface area contributed by atoms with Crippen LogP contribution in [-0.4, -0.2) is 10.7 Å². The summed E-state index contributed by atoms with van der Waals surface area (Å²) in [5.41, 5.74) is 0.295.